The lowest BCUT2D eigenvalue weighted by Crippen LogP contribution is -2.51. The maximum Gasteiger partial charge on any atom is 0.261 e. The third kappa shape index (κ3) is 3.47. The SMILES string of the molecule is Cc1cnc2c(n1)N(c1ccccc1C)C(Cc1ncc3c(n1)[N+](C)(c1ccccc1C)C(C)N3C)N2C. The highest BCUT2D eigenvalue weighted by Crippen LogP contribution is 2.48. The van der Waals surface area contributed by atoms with Gasteiger partial charge in [-0.05, 0) is 38.5 Å². The fraction of sp³-hybridized carbons (Fsp3) is 0.333. The Morgan fingerprint density at radius 1 is 0.789 bits per heavy atom. The largest absolute Gasteiger partial charge is 0.335 e. The Morgan fingerprint density at radius 2 is 1.50 bits per heavy atom. The molecular weight excluding hydrogens is 472 g/mol. The molecule has 2 aliphatic rings. The lowest BCUT2D eigenvalue weighted by atomic mass is 10.1. The van der Waals surface area contributed by atoms with E-state index in [0.29, 0.717) is 10.9 Å². The summed E-state index contributed by atoms with van der Waals surface area (Å²) in [6.45, 7) is 8.57. The monoisotopic (exact) mass is 507 g/mol. The predicted molar refractivity (Wildman–Crippen MR) is 154 cm³/mol. The molecule has 0 aliphatic carbocycles. The molecule has 38 heavy (non-hydrogen) atoms. The van der Waals surface area contributed by atoms with Gasteiger partial charge in [0.1, 0.15) is 23.4 Å². The summed E-state index contributed by atoms with van der Waals surface area (Å²) >= 11 is 0. The van der Waals surface area contributed by atoms with Crippen molar-refractivity contribution in [3.8, 4) is 0 Å². The minimum absolute atomic E-state index is 0.0558. The highest BCUT2D eigenvalue weighted by molar-refractivity contribution is 5.80. The van der Waals surface area contributed by atoms with E-state index in [4.69, 9.17) is 19.9 Å². The number of benzene rings is 2. The molecule has 0 fully saturated rings. The number of aromatic nitrogens is 4. The number of para-hydroxylation sites is 2. The summed E-state index contributed by atoms with van der Waals surface area (Å²) in [6.07, 6.45) is 4.59. The standard InChI is InChI=1S/C30H35N8/c1-19-12-8-10-14-23(19)37-27(36(6)28-29(37)33-21(3)17-32-28)16-26-31-18-24-30(34-26)38(7,22(4)35(24)5)25-15-11-9-13-20(25)2/h8-15,17-18,22,27H,16H2,1-7H3/q+1. The molecule has 4 heterocycles. The summed E-state index contributed by atoms with van der Waals surface area (Å²) in [5.74, 6) is 3.59. The number of rotatable bonds is 4. The molecule has 3 atom stereocenters. The number of aryl methyl sites for hydroxylation is 3. The van der Waals surface area contributed by atoms with Crippen molar-refractivity contribution in [2.45, 2.75) is 46.4 Å². The van der Waals surface area contributed by atoms with Gasteiger partial charge in [0, 0.05) is 38.7 Å². The van der Waals surface area contributed by atoms with Crippen LogP contribution in [0.5, 0.6) is 0 Å². The van der Waals surface area contributed by atoms with Crippen LogP contribution in [-0.2, 0) is 6.42 Å². The van der Waals surface area contributed by atoms with Gasteiger partial charge in [-0.3, -0.25) is 0 Å². The lowest BCUT2D eigenvalue weighted by Gasteiger charge is -2.35. The zero-order valence-corrected chi connectivity index (χ0v) is 23.2. The molecule has 194 valence electrons. The van der Waals surface area contributed by atoms with Crippen molar-refractivity contribution >= 4 is 34.5 Å². The van der Waals surface area contributed by atoms with Gasteiger partial charge in [0.2, 0.25) is 0 Å². The molecule has 2 aromatic heterocycles. The molecule has 0 radical (unpaired) electrons. The molecule has 0 N–H and O–H groups in total. The molecular formula is C30H35N8+. The fourth-order valence-electron chi connectivity index (χ4n) is 6.04. The number of nitrogens with zero attached hydrogens (tertiary/aromatic N) is 8. The highest BCUT2D eigenvalue weighted by Gasteiger charge is 2.49. The van der Waals surface area contributed by atoms with Gasteiger partial charge in [-0.1, -0.05) is 36.4 Å². The quantitative estimate of drug-likeness (QED) is 0.342. The van der Waals surface area contributed by atoms with Crippen molar-refractivity contribution in [3.05, 3.63) is 83.6 Å². The smallest absolute Gasteiger partial charge is 0.261 e. The van der Waals surface area contributed by atoms with Crippen molar-refractivity contribution in [2.75, 3.05) is 35.8 Å². The van der Waals surface area contributed by atoms with Crippen LogP contribution in [0.4, 0.5) is 34.5 Å². The molecule has 8 heteroatoms. The molecule has 3 unspecified atom stereocenters. The number of fused-ring (bicyclic) bond motifs is 2. The molecule has 0 saturated carbocycles. The Hall–Kier alpha value is -4.04. The topological polar surface area (TPSA) is 61.3 Å². The van der Waals surface area contributed by atoms with E-state index in [2.05, 4.69) is 105 Å². The Labute approximate surface area is 224 Å². The van der Waals surface area contributed by atoms with Crippen molar-refractivity contribution in [1.29, 1.82) is 0 Å². The van der Waals surface area contributed by atoms with Crippen molar-refractivity contribution in [2.24, 2.45) is 0 Å². The Bertz CT molecular complexity index is 1530. The average Bonchev–Trinajstić information content (AvgIpc) is 3.28. The third-order valence-corrected chi connectivity index (χ3v) is 8.45. The van der Waals surface area contributed by atoms with E-state index in [1.165, 1.54) is 16.8 Å². The Kier molecular flexibility index (Phi) is 5.61. The predicted octanol–water partition coefficient (Wildman–Crippen LogP) is 5.41. The molecule has 6 rings (SSSR count). The first kappa shape index (κ1) is 24.3. The van der Waals surface area contributed by atoms with Crippen LogP contribution in [0.3, 0.4) is 0 Å². The molecule has 0 bridgehead atoms. The molecule has 8 nitrogen and oxygen atoms in total. The number of hydrogen-bond acceptors (Lipinski definition) is 7. The zero-order valence-electron chi connectivity index (χ0n) is 23.2. The molecule has 2 aliphatic heterocycles. The fourth-order valence-corrected chi connectivity index (χ4v) is 6.04. The molecule has 0 spiro atoms. The van der Waals surface area contributed by atoms with Gasteiger partial charge < -0.3 is 14.7 Å². The highest BCUT2D eigenvalue weighted by atomic mass is 15.5. The van der Waals surface area contributed by atoms with Crippen molar-refractivity contribution in [3.63, 3.8) is 0 Å². The van der Waals surface area contributed by atoms with Gasteiger partial charge in [0.15, 0.2) is 17.8 Å². The first-order valence-electron chi connectivity index (χ1n) is 13.1. The van der Waals surface area contributed by atoms with Gasteiger partial charge in [-0.15, -0.1) is 0 Å². The summed E-state index contributed by atoms with van der Waals surface area (Å²) in [5.41, 5.74) is 6.80. The second kappa shape index (κ2) is 8.77. The van der Waals surface area contributed by atoms with Crippen LogP contribution in [0.15, 0.2) is 60.9 Å². The second-order valence-corrected chi connectivity index (χ2v) is 10.7. The lowest BCUT2D eigenvalue weighted by molar-refractivity contribution is 0.373. The van der Waals surface area contributed by atoms with E-state index >= 15 is 0 Å². The first-order chi connectivity index (χ1) is 18.2. The Balaban J connectivity index is 1.45. The minimum Gasteiger partial charge on any atom is -0.335 e. The summed E-state index contributed by atoms with van der Waals surface area (Å²) in [7, 11) is 6.48. The maximum atomic E-state index is 5.28. The van der Waals surface area contributed by atoms with Crippen molar-refractivity contribution in [1.82, 2.24) is 24.4 Å². The Morgan fingerprint density at radius 3 is 2.24 bits per heavy atom. The van der Waals surface area contributed by atoms with E-state index in [-0.39, 0.29) is 12.3 Å². The summed E-state index contributed by atoms with van der Waals surface area (Å²) < 4.78 is 0.610. The van der Waals surface area contributed by atoms with Gasteiger partial charge in [0.25, 0.3) is 5.82 Å². The minimum atomic E-state index is -0.0558. The van der Waals surface area contributed by atoms with Gasteiger partial charge >= 0.3 is 0 Å². The molecule has 2 aromatic carbocycles. The van der Waals surface area contributed by atoms with Crippen LogP contribution in [0.25, 0.3) is 0 Å². The molecule has 0 saturated heterocycles. The average molecular weight is 508 g/mol. The van der Waals surface area contributed by atoms with Crippen LogP contribution in [0, 0.1) is 20.8 Å². The van der Waals surface area contributed by atoms with E-state index in [9.17, 15) is 0 Å². The van der Waals surface area contributed by atoms with Crippen LogP contribution in [0.1, 0.15) is 29.6 Å². The number of likely N-dealkylation sites (N-methyl/N-ethyl adjacent to an activating group) is 1. The van der Waals surface area contributed by atoms with E-state index in [1.54, 1.807) is 0 Å². The number of quaternary nitrogens is 1. The number of anilines is 4. The summed E-state index contributed by atoms with van der Waals surface area (Å²) in [6, 6.07) is 17.1. The van der Waals surface area contributed by atoms with Crippen LogP contribution < -0.4 is 19.2 Å². The third-order valence-electron chi connectivity index (χ3n) is 8.45. The normalized spacial score (nSPS) is 22.1. The van der Waals surface area contributed by atoms with Gasteiger partial charge in [-0.25, -0.2) is 19.4 Å². The van der Waals surface area contributed by atoms with Gasteiger partial charge in [-0.2, -0.15) is 4.98 Å². The van der Waals surface area contributed by atoms with Crippen LogP contribution >= 0.6 is 0 Å². The molecule has 0 amide bonds. The van der Waals surface area contributed by atoms with Crippen LogP contribution in [-0.4, -0.2) is 53.4 Å². The van der Waals surface area contributed by atoms with Gasteiger partial charge in [0.05, 0.1) is 25.1 Å². The van der Waals surface area contributed by atoms with Crippen molar-refractivity contribution < 1.29 is 0 Å². The van der Waals surface area contributed by atoms with E-state index in [0.717, 1.165) is 40.3 Å². The second-order valence-electron chi connectivity index (χ2n) is 10.7. The zero-order chi connectivity index (χ0) is 26.8. The van der Waals surface area contributed by atoms with E-state index in [1.807, 2.05) is 19.3 Å². The number of hydrogen-bond donors (Lipinski definition) is 0. The van der Waals surface area contributed by atoms with E-state index < -0.39 is 0 Å². The molecule has 4 aromatic rings. The summed E-state index contributed by atoms with van der Waals surface area (Å²) in [5, 5.41) is 0. The first-order valence-corrected chi connectivity index (χ1v) is 13.1. The maximum absolute atomic E-state index is 5.28. The van der Waals surface area contributed by atoms with Crippen LogP contribution in [0.2, 0.25) is 0 Å². The summed E-state index contributed by atoms with van der Waals surface area (Å²) in [4.78, 5) is 26.6.